The van der Waals surface area contributed by atoms with Crippen molar-refractivity contribution in [3.63, 3.8) is 0 Å². The molecule has 0 aromatic carbocycles. The molecule has 1 heterocycles. The summed E-state index contributed by atoms with van der Waals surface area (Å²) in [6.07, 6.45) is 2.75. The number of carbonyl (C=O) groups excluding carboxylic acids is 1. The van der Waals surface area contributed by atoms with Crippen molar-refractivity contribution < 1.29 is 9.53 Å². The van der Waals surface area contributed by atoms with Gasteiger partial charge in [-0.15, -0.1) is 12.4 Å². The lowest BCUT2D eigenvalue weighted by atomic mass is 10.3. The molecule has 1 saturated heterocycles. The van der Waals surface area contributed by atoms with E-state index < -0.39 is 0 Å². The van der Waals surface area contributed by atoms with Crippen molar-refractivity contribution >= 4 is 18.7 Å². The predicted molar refractivity (Wildman–Crippen MR) is 32.3 cm³/mol. The van der Waals surface area contributed by atoms with Crippen LogP contribution in [-0.4, -0.2) is 19.0 Å². The standard InChI is InChI=1S/C5H8O2.ClH/c6-4-5-2-1-3-7-5;/h4-5H,1-3H2;1H. The molecule has 0 N–H and O–H groups in total. The smallest absolute Gasteiger partial charge is 0.148 e. The van der Waals surface area contributed by atoms with E-state index in [1.54, 1.807) is 0 Å². The largest absolute Gasteiger partial charge is 0.371 e. The van der Waals surface area contributed by atoms with E-state index in [-0.39, 0.29) is 18.5 Å². The topological polar surface area (TPSA) is 26.3 Å². The molecule has 1 aliphatic heterocycles. The molecule has 0 bridgehead atoms. The Morgan fingerprint density at radius 3 is 2.62 bits per heavy atom. The molecule has 0 saturated carbocycles. The molecule has 0 radical (unpaired) electrons. The number of hydrogen-bond acceptors (Lipinski definition) is 2. The summed E-state index contributed by atoms with van der Waals surface area (Å²) in [6, 6.07) is 0. The number of hydrogen-bond donors (Lipinski definition) is 0. The first-order chi connectivity index (χ1) is 3.43. The van der Waals surface area contributed by atoms with E-state index in [2.05, 4.69) is 0 Å². The van der Waals surface area contributed by atoms with Crippen molar-refractivity contribution in [3.8, 4) is 0 Å². The maximum Gasteiger partial charge on any atom is 0.148 e. The first kappa shape index (κ1) is 7.92. The van der Waals surface area contributed by atoms with Gasteiger partial charge < -0.3 is 9.53 Å². The number of aldehydes is 1. The quantitative estimate of drug-likeness (QED) is 0.498. The highest BCUT2D eigenvalue weighted by atomic mass is 35.5. The molecule has 1 atom stereocenters. The number of halogens is 1. The number of rotatable bonds is 1. The van der Waals surface area contributed by atoms with Gasteiger partial charge in [-0.05, 0) is 12.8 Å². The van der Waals surface area contributed by atoms with E-state index in [4.69, 9.17) is 4.74 Å². The number of ether oxygens (including phenoxy) is 1. The highest BCUT2D eigenvalue weighted by Gasteiger charge is 2.12. The molecule has 0 amide bonds. The lowest BCUT2D eigenvalue weighted by Gasteiger charge is -1.93. The van der Waals surface area contributed by atoms with Gasteiger partial charge in [-0.1, -0.05) is 0 Å². The van der Waals surface area contributed by atoms with E-state index in [1.165, 1.54) is 0 Å². The average Bonchev–Trinajstić information content (AvgIpc) is 2.14. The van der Waals surface area contributed by atoms with Crippen LogP contribution < -0.4 is 0 Å². The van der Waals surface area contributed by atoms with E-state index in [1.807, 2.05) is 0 Å². The Labute approximate surface area is 54.6 Å². The number of carbonyl (C=O) groups is 1. The Morgan fingerprint density at radius 1 is 1.62 bits per heavy atom. The second-order valence-corrected chi connectivity index (χ2v) is 1.69. The molecule has 48 valence electrons. The van der Waals surface area contributed by atoms with Crippen LogP contribution in [0.5, 0.6) is 0 Å². The van der Waals surface area contributed by atoms with Gasteiger partial charge in [0.25, 0.3) is 0 Å². The lowest BCUT2D eigenvalue weighted by molar-refractivity contribution is -0.115. The summed E-state index contributed by atoms with van der Waals surface area (Å²) in [7, 11) is 0. The van der Waals surface area contributed by atoms with Crippen molar-refractivity contribution in [3.05, 3.63) is 0 Å². The summed E-state index contributed by atoms with van der Waals surface area (Å²) in [4.78, 5) is 9.88. The normalized spacial score (nSPS) is 26.8. The van der Waals surface area contributed by atoms with Gasteiger partial charge in [-0.2, -0.15) is 0 Å². The third-order valence-electron chi connectivity index (χ3n) is 1.12. The van der Waals surface area contributed by atoms with Crippen LogP contribution in [0.25, 0.3) is 0 Å². The summed E-state index contributed by atoms with van der Waals surface area (Å²) < 4.78 is 4.93. The van der Waals surface area contributed by atoms with Gasteiger partial charge in [-0.25, -0.2) is 0 Å². The minimum atomic E-state index is -0.0833. The van der Waals surface area contributed by atoms with E-state index in [0.29, 0.717) is 0 Å². The third kappa shape index (κ3) is 1.80. The second kappa shape index (κ2) is 3.87. The summed E-state index contributed by atoms with van der Waals surface area (Å²) in [6.45, 7) is 0.767. The van der Waals surface area contributed by atoms with Crippen LogP contribution in [0, 0.1) is 0 Å². The molecule has 2 nitrogen and oxygen atoms in total. The van der Waals surface area contributed by atoms with E-state index >= 15 is 0 Å². The Hall–Kier alpha value is -0.0800. The molecule has 1 fully saturated rings. The Bertz CT molecular complexity index is 68.8. The van der Waals surface area contributed by atoms with Crippen LogP contribution in [0.2, 0.25) is 0 Å². The third-order valence-corrected chi connectivity index (χ3v) is 1.12. The zero-order valence-corrected chi connectivity index (χ0v) is 5.32. The molecule has 0 aromatic heterocycles. The maximum atomic E-state index is 9.88. The van der Waals surface area contributed by atoms with Gasteiger partial charge in [0.05, 0.1) is 0 Å². The van der Waals surface area contributed by atoms with Crippen LogP contribution >= 0.6 is 12.4 Å². The van der Waals surface area contributed by atoms with Gasteiger partial charge in [0, 0.05) is 6.61 Å². The minimum absolute atomic E-state index is 0. The molecule has 1 aliphatic rings. The molecule has 0 spiro atoms. The molecular formula is C5H9ClO2. The zero-order chi connectivity index (χ0) is 5.11. The summed E-state index contributed by atoms with van der Waals surface area (Å²) in [5, 5.41) is 0. The summed E-state index contributed by atoms with van der Waals surface area (Å²) in [5.41, 5.74) is 0. The first-order valence-corrected chi connectivity index (χ1v) is 2.50. The van der Waals surface area contributed by atoms with Gasteiger partial charge in [0.2, 0.25) is 0 Å². The van der Waals surface area contributed by atoms with Crippen LogP contribution in [-0.2, 0) is 9.53 Å². The average molecular weight is 137 g/mol. The van der Waals surface area contributed by atoms with Crippen LogP contribution in [0.3, 0.4) is 0 Å². The highest BCUT2D eigenvalue weighted by molar-refractivity contribution is 5.85. The molecule has 0 aliphatic carbocycles. The molecule has 8 heavy (non-hydrogen) atoms. The van der Waals surface area contributed by atoms with E-state index in [9.17, 15) is 4.79 Å². The van der Waals surface area contributed by atoms with Crippen molar-refractivity contribution in [2.75, 3.05) is 6.61 Å². The first-order valence-electron chi connectivity index (χ1n) is 2.50. The maximum absolute atomic E-state index is 9.88. The fraction of sp³-hybridized carbons (Fsp3) is 0.800. The molecule has 1 unspecified atom stereocenters. The summed E-state index contributed by atoms with van der Waals surface area (Å²) >= 11 is 0. The fourth-order valence-electron chi connectivity index (χ4n) is 0.710. The van der Waals surface area contributed by atoms with Gasteiger partial charge in [0.15, 0.2) is 0 Å². The zero-order valence-electron chi connectivity index (χ0n) is 4.50. The predicted octanol–water partition coefficient (Wildman–Crippen LogP) is 0.786. The highest BCUT2D eigenvalue weighted by Crippen LogP contribution is 2.08. The molecule has 1 rings (SSSR count). The second-order valence-electron chi connectivity index (χ2n) is 1.69. The van der Waals surface area contributed by atoms with Crippen molar-refractivity contribution in [1.82, 2.24) is 0 Å². The van der Waals surface area contributed by atoms with E-state index in [0.717, 1.165) is 25.7 Å². The van der Waals surface area contributed by atoms with Crippen LogP contribution in [0.15, 0.2) is 0 Å². The minimum Gasteiger partial charge on any atom is -0.371 e. The van der Waals surface area contributed by atoms with Gasteiger partial charge in [-0.3, -0.25) is 0 Å². The fourth-order valence-corrected chi connectivity index (χ4v) is 0.710. The Balaban J connectivity index is 0.000000490. The molecule has 0 aromatic rings. The Morgan fingerprint density at radius 2 is 2.38 bits per heavy atom. The lowest BCUT2D eigenvalue weighted by Crippen LogP contribution is -2.04. The van der Waals surface area contributed by atoms with Gasteiger partial charge in [0.1, 0.15) is 12.4 Å². The monoisotopic (exact) mass is 136 g/mol. The van der Waals surface area contributed by atoms with Crippen LogP contribution in [0.1, 0.15) is 12.8 Å². The van der Waals surface area contributed by atoms with Crippen molar-refractivity contribution in [2.45, 2.75) is 18.9 Å². The Kier molecular flexibility index (Phi) is 3.83. The molecular weight excluding hydrogens is 128 g/mol. The summed E-state index contributed by atoms with van der Waals surface area (Å²) in [5.74, 6) is 0. The van der Waals surface area contributed by atoms with Crippen LogP contribution in [0.4, 0.5) is 0 Å². The van der Waals surface area contributed by atoms with Crippen molar-refractivity contribution in [1.29, 1.82) is 0 Å². The van der Waals surface area contributed by atoms with Crippen molar-refractivity contribution in [2.24, 2.45) is 0 Å². The molecule has 3 heteroatoms. The van der Waals surface area contributed by atoms with Gasteiger partial charge >= 0.3 is 0 Å². The SMILES string of the molecule is Cl.O=CC1CCCO1.